The Morgan fingerprint density at radius 3 is 2.64 bits per heavy atom. The predicted molar refractivity (Wildman–Crippen MR) is 54.9 cm³/mol. The normalized spacial score (nSPS) is 32.9. The topological polar surface area (TPSA) is 18.5 Å². The Balaban J connectivity index is 2.23. The summed E-state index contributed by atoms with van der Waals surface area (Å²) in [6, 6.07) is 10.3. The minimum Gasteiger partial charge on any atom is -0.353 e. The molecule has 1 saturated heterocycles. The third-order valence-corrected chi connectivity index (χ3v) is 2.74. The second-order valence-electron chi connectivity index (χ2n) is 3.90. The van der Waals surface area contributed by atoms with Gasteiger partial charge in [-0.05, 0) is 19.4 Å². The van der Waals surface area contributed by atoms with Crippen LogP contribution in [0.4, 0.5) is 0 Å². The number of ether oxygens (including phenoxy) is 2. The van der Waals surface area contributed by atoms with Gasteiger partial charge in [0.1, 0.15) is 0 Å². The maximum atomic E-state index is 5.84. The van der Waals surface area contributed by atoms with Crippen LogP contribution in [0.3, 0.4) is 0 Å². The van der Waals surface area contributed by atoms with Gasteiger partial charge < -0.3 is 9.47 Å². The molecule has 2 atom stereocenters. The molecule has 1 aromatic carbocycles. The zero-order chi connectivity index (χ0) is 10.0. The molecule has 0 spiro atoms. The molecule has 1 aliphatic rings. The minimum atomic E-state index is -0.182. The average molecular weight is 192 g/mol. The number of hydrogen-bond acceptors (Lipinski definition) is 2. The SMILES string of the molecule is CC1OCCC(C)(c2ccccc2)O1. The zero-order valence-corrected chi connectivity index (χ0v) is 8.69. The third-order valence-electron chi connectivity index (χ3n) is 2.74. The molecule has 0 bridgehead atoms. The van der Waals surface area contributed by atoms with Crippen molar-refractivity contribution in [3.05, 3.63) is 35.9 Å². The molecule has 0 saturated carbocycles. The van der Waals surface area contributed by atoms with Crippen LogP contribution in [-0.4, -0.2) is 12.9 Å². The summed E-state index contributed by atoms with van der Waals surface area (Å²) in [5.74, 6) is 0. The lowest BCUT2D eigenvalue weighted by Crippen LogP contribution is -2.37. The van der Waals surface area contributed by atoms with Crippen LogP contribution in [0.15, 0.2) is 30.3 Å². The minimum absolute atomic E-state index is 0.103. The molecule has 2 unspecified atom stereocenters. The maximum Gasteiger partial charge on any atom is 0.155 e. The lowest BCUT2D eigenvalue weighted by Gasteiger charge is -2.37. The van der Waals surface area contributed by atoms with Crippen LogP contribution in [0.1, 0.15) is 25.8 Å². The van der Waals surface area contributed by atoms with Gasteiger partial charge in [0.2, 0.25) is 0 Å². The molecule has 76 valence electrons. The monoisotopic (exact) mass is 192 g/mol. The molecular weight excluding hydrogens is 176 g/mol. The van der Waals surface area contributed by atoms with Gasteiger partial charge in [-0.25, -0.2) is 0 Å². The summed E-state index contributed by atoms with van der Waals surface area (Å²) < 4.78 is 11.2. The van der Waals surface area contributed by atoms with E-state index in [4.69, 9.17) is 9.47 Å². The molecule has 1 aliphatic heterocycles. The third kappa shape index (κ3) is 1.81. The second kappa shape index (κ2) is 3.71. The molecule has 1 aromatic rings. The summed E-state index contributed by atoms with van der Waals surface area (Å²) >= 11 is 0. The van der Waals surface area contributed by atoms with Gasteiger partial charge in [-0.2, -0.15) is 0 Å². The van der Waals surface area contributed by atoms with Gasteiger partial charge in [0.05, 0.1) is 12.2 Å². The van der Waals surface area contributed by atoms with Crippen molar-refractivity contribution in [1.29, 1.82) is 0 Å². The number of rotatable bonds is 1. The average Bonchev–Trinajstić information content (AvgIpc) is 2.19. The van der Waals surface area contributed by atoms with Crippen LogP contribution in [0, 0.1) is 0 Å². The first kappa shape index (κ1) is 9.69. The van der Waals surface area contributed by atoms with Crippen molar-refractivity contribution in [3.8, 4) is 0 Å². The maximum absolute atomic E-state index is 5.84. The molecule has 2 rings (SSSR count). The Morgan fingerprint density at radius 1 is 1.29 bits per heavy atom. The first-order valence-electron chi connectivity index (χ1n) is 5.06. The fraction of sp³-hybridized carbons (Fsp3) is 0.500. The summed E-state index contributed by atoms with van der Waals surface area (Å²) in [4.78, 5) is 0. The Labute approximate surface area is 84.8 Å². The second-order valence-corrected chi connectivity index (χ2v) is 3.90. The van der Waals surface area contributed by atoms with Gasteiger partial charge in [-0.1, -0.05) is 30.3 Å². The highest BCUT2D eigenvalue weighted by molar-refractivity contribution is 5.22. The van der Waals surface area contributed by atoms with E-state index < -0.39 is 0 Å². The van der Waals surface area contributed by atoms with E-state index in [0.29, 0.717) is 0 Å². The summed E-state index contributed by atoms with van der Waals surface area (Å²) in [5, 5.41) is 0. The molecule has 2 nitrogen and oxygen atoms in total. The van der Waals surface area contributed by atoms with Crippen molar-refractivity contribution in [2.45, 2.75) is 32.2 Å². The first-order chi connectivity index (χ1) is 6.71. The largest absolute Gasteiger partial charge is 0.353 e. The molecule has 2 heteroatoms. The van der Waals surface area contributed by atoms with Gasteiger partial charge in [-0.15, -0.1) is 0 Å². The molecule has 0 aromatic heterocycles. The molecule has 0 N–H and O–H groups in total. The Morgan fingerprint density at radius 2 is 2.00 bits per heavy atom. The molecule has 14 heavy (non-hydrogen) atoms. The summed E-state index contributed by atoms with van der Waals surface area (Å²) in [5.41, 5.74) is 1.05. The highest BCUT2D eigenvalue weighted by atomic mass is 16.7. The fourth-order valence-corrected chi connectivity index (χ4v) is 1.88. The van der Waals surface area contributed by atoms with Gasteiger partial charge in [0.15, 0.2) is 6.29 Å². The Kier molecular flexibility index (Phi) is 2.57. The van der Waals surface area contributed by atoms with Crippen molar-refractivity contribution in [2.75, 3.05) is 6.61 Å². The fourth-order valence-electron chi connectivity index (χ4n) is 1.88. The van der Waals surface area contributed by atoms with Crippen LogP contribution in [0.25, 0.3) is 0 Å². The number of hydrogen-bond donors (Lipinski definition) is 0. The van der Waals surface area contributed by atoms with E-state index in [1.54, 1.807) is 0 Å². The van der Waals surface area contributed by atoms with Crippen molar-refractivity contribution < 1.29 is 9.47 Å². The zero-order valence-electron chi connectivity index (χ0n) is 8.69. The Hall–Kier alpha value is -0.860. The first-order valence-corrected chi connectivity index (χ1v) is 5.06. The van der Waals surface area contributed by atoms with Crippen molar-refractivity contribution in [1.82, 2.24) is 0 Å². The van der Waals surface area contributed by atoms with E-state index in [1.807, 2.05) is 25.1 Å². The van der Waals surface area contributed by atoms with E-state index in [0.717, 1.165) is 13.0 Å². The van der Waals surface area contributed by atoms with Gasteiger partial charge in [0.25, 0.3) is 0 Å². The smallest absolute Gasteiger partial charge is 0.155 e. The summed E-state index contributed by atoms with van der Waals surface area (Å²) in [6.45, 7) is 4.84. The molecule has 0 radical (unpaired) electrons. The lowest BCUT2D eigenvalue weighted by atomic mass is 9.92. The van der Waals surface area contributed by atoms with Crippen LogP contribution < -0.4 is 0 Å². The van der Waals surface area contributed by atoms with Crippen molar-refractivity contribution in [2.24, 2.45) is 0 Å². The molecule has 1 fully saturated rings. The van der Waals surface area contributed by atoms with E-state index in [-0.39, 0.29) is 11.9 Å². The van der Waals surface area contributed by atoms with Gasteiger partial charge in [-0.3, -0.25) is 0 Å². The number of benzene rings is 1. The van der Waals surface area contributed by atoms with Crippen molar-refractivity contribution in [3.63, 3.8) is 0 Å². The molecule has 0 amide bonds. The van der Waals surface area contributed by atoms with Crippen LogP contribution >= 0.6 is 0 Å². The van der Waals surface area contributed by atoms with E-state index in [2.05, 4.69) is 19.1 Å². The quantitative estimate of drug-likeness (QED) is 0.681. The molecular formula is C12H16O2. The highest BCUT2D eigenvalue weighted by Gasteiger charge is 2.33. The van der Waals surface area contributed by atoms with Gasteiger partial charge in [0, 0.05) is 6.42 Å². The Bertz CT molecular complexity index is 296. The van der Waals surface area contributed by atoms with E-state index in [9.17, 15) is 0 Å². The van der Waals surface area contributed by atoms with Crippen LogP contribution in [-0.2, 0) is 15.1 Å². The summed E-state index contributed by atoms with van der Waals surface area (Å²) in [6.07, 6.45) is 0.815. The molecule has 1 heterocycles. The van der Waals surface area contributed by atoms with Crippen LogP contribution in [0.2, 0.25) is 0 Å². The van der Waals surface area contributed by atoms with E-state index >= 15 is 0 Å². The van der Waals surface area contributed by atoms with Crippen LogP contribution in [0.5, 0.6) is 0 Å². The summed E-state index contributed by atoms with van der Waals surface area (Å²) in [7, 11) is 0. The van der Waals surface area contributed by atoms with E-state index in [1.165, 1.54) is 5.56 Å². The van der Waals surface area contributed by atoms with Crippen molar-refractivity contribution >= 4 is 0 Å². The van der Waals surface area contributed by atoms with Gasteiger partial charge >= 0.3 is 0 Å². The molecule has 0 aliphatic carbocycles. The highest BCUT2D eigenvalue weighted by Crippen LogP contribution is 2.33. The lowest BCUT2D eigenvalue weighted by molar-refractivity contribution is -0.247. The standard InChI is InChI=1S/C12H16O2/c1-10-13-9-8-12(2,14-10)11-6-4-3-5-7-11/h3-7,10H,8-9H2,1-2H3. The predicted octanol–water partition coefficient (Wildman–Crippen LogP) is 2.68.